The summed E-state index contributed by atoms with van der Waals surface area (Å²) in [5.41, 5.74) is 2.73. The number of benzene rings is 2. The first-order valence-electron chi connectivity index (χ1n) is 9.61. The summed E-state index contributed by atoms with van der Waals surface area (Å²) in [7, 11) is -3.18. The fourth-order valence-corrected chi connectivity index (χ4v) is 4.30. The maximum Gasteiger partial charge on any atom is 0.251 e. The smallest absolute Gasteiger partial charge is 0.251 e. The lowest BCUT2D eigenvalue weighted by Crippen LogP contribution is -2.33. The van der Waals surface area contributed by atoms with Gasteiger partial charge in [-0.25, -0.2) is 8.42 Å². The Balaban J connectivity index is 1.70. The van der Waals surface area contributed by atoms with Crippen LogP contribution in [0.5, 0.6) is 0 Å². The second-order valence-corrected chi connectivity index (χ2v) is 9.52. The third kappa shape index (κ3) is 5.84. The summed E-state index contributed by atoms with van der Waals surface area (Å²) in [6, 6.07) is 15.7. The fraction of sp³-hybridized carbons (Fsp3) is 0.318. The molecule has 1 unspecified atom stereocenters. The quantitative estimate of drug-likeness (QED) is 0.736. The molecule has 3 rings (SSSR count). The monoisotopic (exact) mass is 432 g/mol. The van der Waals surface area contributed by atoms with Crippen LogP contribution in [0.15, 0.2) is 60.0 Å². The van der Waals surface area contributed by atoms with Crippen LogP contribution in [0, 0.1) is 0 Å². The van der Waals surface area contributed by atoms with E-state index < -0.39 is 9.84 Å². The van der Waals surface area contributed by atoms with Crippen LogP contribution in [0.4, 0.5) is 5.69 Å². The molecule has 1 heterocycles. The molecule has 0 aromatic heterocycles. The third-order valence-electron chi connectivity index (χ3n) is 4.95. The summed E-state index contributed by atoms with van der Waals surface area (Å²) in [6.45, 7) is 1.10. The Hall–Kier alpha value is -2.31. The highest BCUT2D eigenvalue weighted by Gasteiger charge is 2.25. The van der Waals surface area contributed by atoms with Crippen LogP contribution in [0.25, 0.3) is 0 Å². The van der Waals surface area contributed by atoms with Gasteiger partial charge in [-0.3, -0.25) is 4.79 Å². The Morgan fingerprint density at radius 2 is 1.90 bits per heavy atom. The molecule has 0 bridgehead atoms. The van der Waals surface area contributed by atoms with E-state index in [9.17, 15) is 13.2 Å². The zero-order valence-corrected chi connectivity index (χ0v) is 17.9. The number of halogens is 1. The Morgan fingerprint density at radius 3 is 2.59 bits per heavy atom. The number of piperidine rings is 1. The van der Waals surface area contributed by atoms with Crippen molar-refractivity contribution in [2.75, 3.05) is 24.2 Å². The molecule has 0 radical (unpaired) electrons. The van der Waals surface area contributed by atoms with Crippen LogP contribution in [0.1, 0.15) is 41.2 Å². The van der Waals surface area contributed by atoms with E-state index in [1.54, 1.807) is 12.1 Å². The van der Waals surface area contributed by atoms with Crippen LogP contribution in [0.3, 0.4) is 0 Å². The summed E-state index contributed by atoms with van der Waals surface area (Å²) in [5.74, 6) is -0.240. The summed E-state index contributed by atoms with van der Waals surface area (Å²) in [6.07, 6.45) is 5.85. The molecule has 5 nitrogen and oxygen atoms in total. The summed E-state index contributed by atoms with van der Waals surface area (Å²) in [4.78, 5) is 14.6. The predicted octanol–water partition coefficient (Wildman–Crippen LogP) is 4.36. The number of carbonyl (C=O) groups is 1. The van der Waals surface area contributed by atoms with Gasteiger partial charge in [-0.05, 0) is 55.2 Å². The van der Waals surface area contributed by atoms with Crippen LogP contribution in [-0.2, 0) is 9.84 Å². The van der Waals surface area contributed by atoms with Crippen molar-refractivity contribution in [1.29, 1.82) is 0 Å². The first-order chi connectivity index (χ1) is 13.8. The molecule has 1 aliphatic heterocycles. The summed E-state index contributed by atoms with van der Waals surface area (Å²) >= 11 is 6.44. The summed E-state index contributed by atoms with van der Waals surface area (Å²) in [5, 5.41) is 4.56. The van der Waals surface area contributed by atoms with E-state index in [0.29, 0.717) is 5.56 Å². The van der Waals surface area contributed by atoms with Crippen molar-refractivity contribution in [2.24, 2.45) is 0 Å². The molecule has 7 heteroatoms. The van der Waals surface area contributed by atoms with Crippen LogP contribution in [-0.4, -0.2) is 33.7 Å². The molecule has 1 atom stereocenters. The molecule has 1 fully saturated rings. The van der Waals surface area contributed by atoms with Crippen molar-refractivity contribution >= 4 is 33.0 Å². The van der Waals surface area contributed by atoms with Gasteiger partial charge in [0.2, 0.25) is 0 Å². The number of carbonyl (C=O) groups excluding carboxylic acids is 1. The van der Waals surface area contributed by atoms with Crippen molar-refractivity contribution in [3.05, 3.63) is 76.2 Å². The van der Waals surface area contributed by atoms with Gasteiger partial charge < -0.3 is 10.2 Å². The molecule has 2 aromatic rings. The Labute approximate surface area is 177 Å². The number of hydrogen-bond donors (Lipinski definition) is 1. The Kier molecular flexibility index (Phi) is 6.98. The Morgan fingerprint density at radius 1 is 1.17 bits per heavy atom. The average molecular weight is 433 g/mol. The molecular formula is C22H25ClN2O3S. The number of amides is 1. The number of hydrogen-bond acceptors (Lipinski definition) is 4. The zero-order chi connectivity index (χ0) is 20.9. The molecular weight excluding hydrogens is 408 g/mol. The number of nitrogens with zero attached hydrogens (tertiary/aromatic N) is 1. The SMILES string of the molecule is CS(=O)(=O)/C=C/CNC(=O)c1ccc(N2CCCCC2c2ccccc2Cl)cc1. The molecule has 2 aromatic carbocycles. The average Bonchev–Trinajstić information content (AvgIpc) is 2.71. The Bertz CT molecular complexity index is 987. The molecule has 29 heavy (non-hydrogen) atoms. The highest BCUT2D eigenvalue weighted by molar-refractivity contribution is 7.93. The van der Waals surface area contributed by atoms with E-state index >= 15 is 0 Å². The van der Waals surface area contributed by atoms with Gasteiger partial charge in [0.05, 0.1) is 6.04 Å². The lowest BCUT2D eigenvalue weighted by atomic mass is 9.94. The van der Waals surface area contributed by atoms with Crippen LogP contribution < -0.4 is 10.2 Å². The van der Waals surface area contributed by atoms with Gasteiger partial charge in [0, 0.05) is 41.0 Å². The first-order valence-corrected chi connectivity index (χ1v) is 11.9. The third-order valence-corrected chi connectivity index (χ3v) is 5.98. The van der Waals surface area contributed by atoms with E-state index in [-0.39, 0.29) is 18.5 Å². The maximum absolute atomic E-state index is 12.3. The van der Waals surface area contributed by atoms with Crippen molar-refractivity contribution in [2.45, 2.75) is 25.3 Å². The van der Waals surface area contributed by atoms with E-state index in [1.165, 1.54) is 6.08 Å². The topological polar surface area (TPSA) is 66.5 Å². The second-order valence-electron chi connectivity index (χ2n) is 7.18. The van der Waals surface area contributed by atoms with Crippen LogP contribution in [0.2, 0.25) is 5.02 Å². The van der Waals surface area contributed by atoms with E-state index in [4.69, 9.17) is 11.6 Å². The standard InChI is InChI=1S/C22H25ClN2O3S/c1-29(27,28)16-6-14-24-22(26)17-10-12-18(13-11-17)25-15-5-4-9-21(25)19-7-2-3-8-20(19)23/h2-3,6-8,10-13,16,21H,4-5,9,14-15H2,1H3,(H,24,26)/b16-6+. The van der Waals surface area contributed by atoms with Crippen molar-refractivity contribution < 1.29 is 13.2 Å². The normalized spacial score (nSPS) is 17.4. The molecule has 1 N–H and O–H groups in total. The zero-order valence-electron chi connectivity index (χ0n) is 16.3. The molecule has 154 valence electrons. The van der Waals surface area contributed by atoms with E-state index in [1.807, 2.05) is 30.3 Å². The number of sulfone groups is 1. The molecule has 0 aliphatic carbocycles. The van der Waals surface area contributed by atoms with Crippen molar-refractivity contribution in [1.82, 2.24) is 5.32 Å². The minimum absolute atomic E-state index is 0.161. The van der Waals surface area contributed by atoms with Gasteiger partial charge >= 0.3 is 0 Å². The molecule has 1 aliphatic rings. The lowest BCUT2D eigenvalue weighted by Gasteiger charge is -2.38. The van der Waals surface area contributed by atoms with Gasteiger partial charge in [-0.15, -0.1) is 0 Å². The number of anilines is 1. The van der Waals surface area contributed by atoms with Gasteiger partial charge in [-0.1, -0.05) is 35.9 Å². The van der Waals surface area contributed by atoms with Crippen molar-refractivity contribution in [3.8, 4) is 0 Å². The lowest BCUT2D eigenvalue weighted by molar-refractivity contribution is 0.0958. The van der Waals surface area contributed by atoms with Crippen molar-refractivity contribution in [3.63, 3.8) is 0 Å². The minimum Gasteiger partial charge on any atom is -0.364 e. The fourth-order valence-electron chi connectivity index (χ4n) is 3.59. The minimum atomic E-state index is -3.18. The van der Waals surface area contributed by atoms with Gasteiger partial charge in [0.25, 0.3) is 5.91 Å². The molecule has 0 saturated carbocycles. The predicted molar refractivity (Wildman–Crippen MR) is 118 cm³/mol. The van der Waals surface area contributed by atoms with Gasteiger partial charge in [0.15, 0.2) is 9.84 Å². The largest absolute Gasteiger partial charge is 0.364 e. The second kappa shape index (κ2) is 9.46. The highest BCUT2D eigenvalue weighted by Crippen LogP contribution is 2.37. The summed E-state index contributed by atoms with van der Waals surface area (Å²) < 4.78 is 22.1. The molecule has 1 amide bonds. The van der Waals surface area contributed by atoms with Gasteiger partial charge in [-0.2, -0.15) is 0 Å². The maximum atomic E-state index is 12.3. The molecule has 1 saturated heterocycles. The number of nitrogens with one attached hydrogen (secondary N) is 1. The highest BCUT2D eigenvalue weighted by atomic mass is 35.5. The number of rotatable bonds is 6. The van der Waals surface area contributed by atoms with E-state index in [2.05, 4.69) is 16.3 Å². The molecule has 0 spiro atoms. The van der Waals surface area contributed by atoms with E-state index in [0.717, 1.165) is 53.7 Å². The van der Waals surface area contributed by atoms with Gasteiger partial charge in [0.1, 0.15) is 0 Å². The first kappa shape index (κ1) is 21.4. The van der Waals surface area contributed by atoms with Crippen LogP contribution >= 0.6 is 11.6 Å².